The number of amides is 1. The predicted molar refractivity (Wildman–Crippen MR) is 71.6 cm³/mol. The van der Waals surface area contributed by atoms with Gasteiger partial charge in [0.1, 0.15) is 0 Å². The van der Waals surface area contributed by atoms with Gasteiger partial charge in [0.2, 0.25) is 15.7 Å². The molecule has 1 rings (SSSR count). The van der Waals surface area contributed by atoms with Crippen molar-refractivity contribution in [2.45, 2.75) is 10.7 Å². The monoisotopic (exact) mass is 306 g/mol. The van der Waals surface area contributed by atoms with Gasteiger partial charge in [0.25, 0.3) is 0 Å². The molecule has 0 unspecified atom stereocenters. The second-order valence-electron chi connectivity index (χ2n) is 4.42. The van der Waals surface area contributed by atoms with Crippen molar-refractivity contribution in [1.82, 2.24) is 4.90 Å². The molecular formula is C12H16F2N2O3S. The lowest BCUT2D eigenvalue weighted by Crippen LogP contribution is -2.35. The molecule has 0 spiro atoms. The lowest BCUT2D eigenvalue weighted by molar-refractivity contribution is -0.127. The average Bonchev–Trinajstić information content (AvgIpc) is 2.38. The molecule has 20 heavy (non-hydrogen) atoms. The molecule has 5 nitrogen and oxygen atoms in total. The maximum atomic E-state index is 12.7. The Bertz CT molecular complexity index is 588. The number of anilines is 1. The molecule has 1 aromatic rings. The van der Waals surface area contributed by atoms with Crippen molar-refractivity contribution >= 4 is 21.4 Å². The Labute approximate surface area is 116 Å². The molecule has 0 N–H and O–H groups in total. The second-order valence-corrected chi connectivity index (χ2v) is 6.30. The number of benzene rings is 1. The van der Waals surface area contributed by atoms with E-state index in [1.165, 1.54) is 35.0 Å². The molecule has 0 aromatic heterocycles. The van der Waals surface area contributed by atoms with Gasteiger partial charge in [0.05, 0.1) is 17.1 Å². The molecule has 0 aliphatic heterocycles. The predicted octanol–water partition coefficient (Wildman–Crippen LogP) is 1.21. The van der Waals surface area contributed by atoms with E-state index < -0.39 is 20.5 Å². The summed E-state index contributed by atoms with van der Waals surface area (Å²) in [4.78, 5) is 13.8. The van der Waals surface area contributed by atoms with Crippen molar-refractivity contribution in [3.8, 4) is 0 Å². The van der Waals surface area contributed by atoms with E-state index in [9.17, 15) is 22.0 Å². The third-order valence-electron chi connectivity index (χ3n) is 2.69. The first kappa shape index (κ1) is 16.4. The van der Waals surface area contributed by atoms with Crippen LogP contribution in [0.3, 0.4) is 0 Å². The molecule has 0 aliphatic carbocycles. The summed E-state index contributed by atoms with van der Waals surface area (Å²) < 4.78 is 48.5. The smallest absolute Gasteiger partial charge is 0.341 e. The van der Waals surface area contributed by atoms with Gasteiger partial charge in [-0.25, -0.2) is 8.42 Å². The Balaban J connectivity index is 3.18. The lowest BCUT2D eigenvalue weighted by atomic mass is 10.3. The number of nitrogens with zero attached hydrogens (tertiary/aromatic N) is 2. The number of carbonyl (C=O) groups excluding carboxylic acids is 1. The number of hydrogen-bond acceptors (Lipinski definition) is 4. The molecule has 0 atom stereocenters. The Morgan fingerprint density at radius 1 is 1.20 bits per heavy atom. The maximum absolute atomic E-state index is 12.7. The van der Waals surface area contributed by atoms with Gasteiger partial charge in [-0.2, -0.15) is 8.78 Å². The summed E-state index contributed by atoms with van der Waals surface area (Å²) in [7, 11) is -0.128. The normalized spacial score (nSPS) is 11.5. The molecule has 0 aliphatic rings. The summed E-state index contributed by atoms with van der Waals surface area (Å²) >= 11 is 0. The van der Waals surface area contributed by atoms with Crippen LogP contribution in [-0.4, -0.2) is 52.7 Å². The highest BCUT2D eigenvalue weighted by atomic mass is 32.2. The molecule has 8 heteroatoms. The molecule has 0 heterocycles. The van der Waals surface area contributed by atoms with Gasteiger partial charge >= 0.3 is 5.76 Å². The summed E-state index contributed by atoms with van der Waals surface area (Å²) in [6.07, 6.45) is 0. The van der Waals surface area contributed by atoms with Crippen molar-refractivity contribution in [1.29, 1.82) is 0 Å². The van der Waals surface area contributed by atoms with Crippen LogP contribution in [0.1, 0.15) is 0 Å². The second kappa shape index (κ2) is 6.17. The van der Waals surface area contributed by atoms with E-state index in [1.54, 1.807) is 14.1 Å². The van der Waals surface area contributed by atoms with Gasteiger partial charge in [-0.1, -0.05) is 12.1 Å². The van der Waals surface area contributed by atoms with E-state index in [2.05, 4.69) is 0 Å². The molecule has 112 valence electrons. The molecule has 0 saturated carbocycles. The lowest BCUT2D eigenvalue weighted by Gasteiger charge is -2.23. The Kier molecular flexibility index (Phi) is 5.04. The Morgan fingerprint density at radius 2 is 1.75 bits per heavy atom. The van der Waals surface area contributed by atoms with Crippen LogP contribution in [0.15, 0.2) is 29.2 Å². The fourth-order valence-corrected chi connectivity index (χ4v) is 2.51. The SMILES string of the molecule is CN(C)C(=O)CN(C)c1ccccc1S(=O)(=O)C(F)F. The van der Waals surface area contributed by atoms with Gasteiger partial charge in [-0.15, -0.1) is 0 Å². The minimum absolute atomic E-state index is 0.0722. The zero-order chi connectivity index (χ0) is 15.5. The van der Waals surface area contributed by atoms with Gasteiger partial charge < -0.3 is 9.80 Å². The van der Waals surface area contributed by atoms with E-state index in [4.69, 9.17) is 0 Å². The Hall–Kier alpha value is -1.70. The highest BCUT2D eigenvalue weighted by Crippen LogP contribution is 2.28. The largest absolute Gasteiger partial charge is 0.364 e. The Morgan fingerprint density at radius 3 is 2.25 bits per heavy atom. The summed E-state index contributed by atoms with van der Waals surface area (Å²) in [5.74, 6) is -3.77. The first-order valence-corrected chi connectivity index (χ1v) is 7.25. The highest BCUT2D eigenvalue weighted by Gasteiger charge is 2.30. The molecule has 0 radical (unpaired) electrons. The number of carbonyl (C=O) groups is 1. The number of hydrogen-bond donors (Lipinski definition) is 0. The number of sulfone groups is 1. The van der Waals surface area contributed by atoms with Crippen LogP contribution in [0, 0.1) is 0 Å². The topological polar surface area (TPSA) is 57.7 Å². The standard InChI is InChI=1S/C12H16F2N2O3S/c1-15(2)11(17)8-16(3)9-6-4-5-7-10(9)20(18,19)12(13)14/h4-7,12H,8H2,1-3H3. The third-order valence-corrected chi connectivity index (χ3v) is 4.12. The molecule has 0 saturated heterocycles. The van der Waals surface area contributed by atoms with Crippen LogP contribution in [0.4, 0.5) is 14.5 Å². The van der Waals surface area contributed by atoms with Crippen molar-refractivity contribution in [2.24, 2.45) is 0 Å². The van der Waals surface area contributed by atoms with Crippen molar-refractivity contribution in [2.75, 3.05) is 32.6 Å². The maximum Gasteiger partial charge on any atom is 0.341 e. The fraction of sp³-hybridized carbons (Fsp3) is 0.417. The van der Waals surface area contributed by atoms with E-state index >= 15 is 0 Å². The minimum Gasteiger partial charge on any atom is -0.364 e. The number of alkyl halides is 2. The highest BCUT2D eigenvalue weighted by molar-refractivity contribution is 7.91. The van der Waals surface area contributed by atoms with Crippen LogP contribution < -0.4 is 4.90 Å². The first-order chi connectivity index (χ1) is 9.17. The molecule has 0 fully saturated rings. The van der Waals surface area contributed by atoms with Gasteiger partial charge in [0, 0.05) is 21.1 Å². The van der Waals surface area contributed by atoms with Crippen LogP contribution in [0.2, 0.25) is 0 Å². The summed E-state index contributed by atoms with van der Waals surface area (Å²) in [6, 6.07) is 5.38. The number of likely N-dealkylation sites (N-methyl/N-ethyl adjacent to an activating group) is 2. The van der Waals surface area contributed by atoms with Crippen molar-refractivity contribution < 1.29 is 22.0 Å². The fourth-order valence-electron chi connectivity index (χ4n) is 1.54. The molecule has 1 aromatic carbocycles. The van der Waals surface area contributed by atoms with Crippen molar-refractivity contribution in [3.05, 3.63) is 24.3 Å². The number of rotatable bonds is 5. The zero-order valence-electron chi connectivity index (χ0n) is 11.4. The van der Waals surface area contributed by atoms with Crippen LogP contribution in [0.5, 0.6) is 0 Å². The molecule has 0 bridgehead atoms. The number of para-hydroxylation sites is 1. The van der Waals surface area contributed by atoms with E-state index in [0.29, 0.717) is 0 Å². The summed E-state index contributed by atoms with van der Waals surface area (Å²) in [5, 5.41) is 0. The average molecular weight is 306 g/mol. The van der Waals surface area contributed by atoms with E-state index in [-0.39, 0.29) is 18.1 Å². The van der Waals surface area contributed by atoms with Gasteiger partial charge in [-0.3, -0.25) is 4.79 Å². The van der Waals surface area contributed by atoms with E-state index in [1.807, 2.05) is 0 Å². The molecular weight excluding hydrogens is 290 g/mol. The van der Waals surface area contributed by atoms with Crippen LogP contribution in [0.25, 0.3) is 0 Å². The number of halogens is 2. The summed E-state index contributed by atoms with van der Waals surface area (Å²) in [5.41, 5.74) is 0.0722. The van der Waals surface area contributed by atoms with Gasteiger partial charge in [0.15, 0.2) is 0 Å². The quantitative estimate of drug-likeness (QED) is 0.820. The van der Waals surface area contributed by atoms with Crippen molar-refractivity contribution in [3.63, 3.8) is 0 Å². The minimum atomic E-state index is -4.71. The summed E-state index contributed by atoms with van der Waals surface area (Å²) in [6.45, 7) is -0.108. The molecule has 1 amide bonds. The van der Waals surface area contributed by atoms with E-state index in [0.717, 1.165) is 6.07 Å². The zero-order valence-corrected chi connectivity index (χ0v) is 12.2. The van der Waals surface area contributed by atoms with Crippen LogP contribution >= 0.6 is 0 Å². The van der Waals surface area contributed by atoms with Crippen LogP contribution in [-0.2, 0) is 14.6 Å². The van der Waals surface area contributed by atoms with Gasteiger partial charge in [-0.05, 0) is 12.1 Å². The third kappa shape index (κ3) is 3.44. The first-order valence-electron chi connectivity index (χ1n) is 5.70.